The quantitative estimate of drug-likeness (QED) is 0.408. The van der Waals surface area contributed by atoms with Gasteiger partial charge in [-0.25, -0.2) is 0 Å². The lowest BCUT2D eigenvalue weighted by molar-refractivity contribution is -0.116. The van der Waals surface area contributed by atoms with Crippen LogP contribution in [0.4, 0.5) is 0 Å². The maximum atomic E-state index is 10.9. The highest BCUT2D eigenvalue weighted by Gasteiger charge is 2.06. The van der Waals surface area contributed by atoms with Crippen molar-refractivity contribution in [2.75, 3.05) is 19.8 Å². The van der Waals surface area contributed by atoms with E-state index in [1.54, 1.807) is 18.2 Å². The summed E-state index contributed by atoms with van der Waals surface area (Å²) in [5.41, 5.74) is 0.554. The second-order valence-corrected chi connectivity index (χ2v) is 4.31. The normalized spacial score (nSPS) is 9.76. The van der Waals surface area contributed by atoms with Crippen molar-refractivity contribution in [2.45, 2.75) is 19.8 Å². The van der Waals surface area contributed by atoms with Crippen LogP contribution in [0.3, 0.4) is 0 Å². The first-order valence-corrected chi connectivity index (χ1v) is 6.96. The second-order valence-electron chi connectivity index (χ2n) is 4.31. The maximum Gasteiger partial charge on any atom is 0.243 e. The van der Waals surface area contributed by atoms with Gasteiger partial charge in [0.25, 0.3) is 0 Å². The number of nitrogens with one attached hydrogen (secondary N) is 1. The second kappa shape index (κ2) is 9.58. The fourth-order valence-electron chi connectivity index (χ4n) is 1.68. The predicted octanol–water partition coefficient (Wildman–Crippen LogP) is 2.36. The largest absolute Gasteiger partial charge is 0.490 e. The molecule has 0 heterocycles. The van der Waals surface area contributed by atoms with E-state index in [1.807, 2.05) is 6.92 Å². The van der Waals surface area contributed by atoms with Gasteiger partial charge in [-0.2, -0.15) is 0 Å². The summed E-state index contributed by atoms with van der Waals surface area (Å²) in [7, 11) is 0. The van der Waals surface area contributed by atoms with Crippen LogP contribution >= 0.6 is 0 Å². The number of ether oxygens (including phenoxy) is 2. The molecule has 0 atom stereocenters. The van der Waals surface area contributed by atoms with E-state index in [1.165, 1.54) is 6.08 Å². The summed E-state index contributed by atoms with van der Waals surface area (Å²) in [6.45, 7) is 6.87. The Hall–Kier alpha value is -2.30. The summed E-state index contributed by atoms with van der Waals surface area (Å²) in [6, 6.07) is 5.08. The zero-order chi connectivity index (χ0) is 15.5. The summed E-state index contributed by atoms with van der Waals surface area (Å²) < 4.78 is 11.1. The monoisotopic (exact) mass is 291 g/mol. The van der Waals surface area contributed by atoms with E-state index in [-0.39, 0.29) is 5.91 Å². The molecule has 0 saturated heterocycles. The van der Waals surface area contributed by atoms with E-state index in [0.717, 1.165) is 19.1 Å². The zero-order valence-electron chi connectivity index (χ0n) is 12.3. The van der Waals surface area contributed by atoms with E-state index >= 15 is 0 Å². The predicted molar refractivity (Wildman–Crippen MR) is 80.9 cm³/mol. The van der Waals surface area contributed by atoms with Crippen molar-refractivity contribution in [2.24, 2.45) is 0 Å². The molecule has 0 aromatic heterocycles. The molecule has 1 rings (SSSR count). The van der Waals surface area contributed by atoms with Gasteiger partial charge in [0.15, 0.2) is 11.5 Å². The lowest BCUT2D eigenvalue weighted by Gasteiger charge is -2.12. The van der Waals surface area contributed by atoms with Crippen LogP contribution in [0.15, 0.2) is 30.9 Å². The van der Waals surface area contributed by atoms with Gasteiger partial charge in [-0.05, 0) is 44.0 Å². The van der Waals surface area contributed by atoms with Gasteiger partial charge in [0.1, 0.15) is 6.29 Å². The molecule has 0 saturated carbocycles. The van der Waals surface area contributed by atoms with Crippen LogP contribution in [0.5, 0.6) is 11.5 Å². The molecule has 0 unspecified atom stereocenters. The van der Waals surface area contributed by atoms with Crippen LogP contribution in [0, 0.1) is 0 Å². The highest BCUT2D eigenvalue weighted by Crippen LogP contribution is 2.28. The Bertz CT molecular complexity index is 485. The Morgan fingerprint density at radius 2 is 2.10 bits per heavy atom. The Balaban J connectivity index is 2.38. The molecule has 21 heavy (non-hydrogen) atoms. The molecule has 114 valence electrons. The highest BCUT2D eigenvalue weighted by atomic mass is 16.5. The van der Waals surface area contributed by atoms with Crippen molar-refractivity contribution in [1.29, 1.82) is 0 Å². The topological polar surface area (TPSA) is 64.6 Å². The SMILES string of the molecule is C=CC(=O)NCCCCOc1ccc(C=O)cc1OCC. The molecule has 0 aliphatic rings. The number of hydrogen-bond acceptors (Lipinski definition) is 4. The van der Waals surface area contributed by atoms with Gasteiger partial charge in [0.2, 0.25) is 5.91 Å². The maximum absolute atomic E-state index is 10.9. The number of hydrogen-bond donors (Lipinski definition) is 1. The molecule has 0 bridgehead atoms. The molecule has 5 nitrogen and oxygen atoms in total. The first kappa shape index (κ1) is 16.8. The Morgan fingerprint density at radius 1 is 1.29 bits per heavy atom. The Morgan fingerprint density at radius 3 is 2.76 bits per heavy atom. The van der Waals surface area contributed by atoms with Crippen LogP contribution in [0.1, 0.15) is 30.1 Å². The summed E-state index contributed by atoms with van der Waals surface area (Å²) in [5, 5.41) is 2.70. The summed E-state index contributed by atoms with van der Waals surface area (Å²) in [5.74, 6) is 1.03. The van der Waals surface area contributed by atoms with E-state index in [4.69, 9.17) is 9.47 Å². The zero-order valence-corrected chi connectivity index (χ0v) is 12.3. The number of amides is 1. The molecule has 0 spiro atoms. The smallest absolute Gasteiger partial charge is 0.243 e. The van der Waals surface area contributed by atoms with Gasteiger partial charge in [-0.1, -0.05) is 6.58 Å². The highest BCUT2D eigenvalue weighted by molar-refractivity contribution is 5.86. The molecule has 0 fully saturated rings. The third kappa shape index (κ3) is 6.12. The van der Waals surface area contributed by atoms with Crippen molar-refractivity contribution < 1.29 is 19.1 Å². The number of carbonyl (C=O) groups is 2. The molecule has 1 aromatic rings. The Labute approximate surface area is 124 Å². The lowest BCUT2D eigenvalue weighted by Crippen LogP contribution is -2.22. The van der Waals surface area contributed by atoms with Gasteiger partial charge in [-0.3, -0.25) is 9.59 Å². The van der Waals surface area contributed by atoms with Crippen LogP contribution < -0.4 is 14.8 Å². The first-order chi connectivity index (χ1) is 10.2. The first-order valence-electron chi connectivity index (χ1n) is 6.96. The minimum absolute atomic E-state index is 0.168. The van der Waals surface area contributed by atoms with Crippen molar-refractivity contribution in [3.8, 4) is 11.5 Å². The van der Waals surface area contributed by atoms with Crippen LogP contribution in [0.25, 0.3) is 0 Å². The standard InChI is InChI=1S/C16H21NO4/c1-3-16(19)17-9-5-6-10-21-14-8-7-13(12-18)11-15(14)20-4-2/h3,7-8,11-12H,1,4-6,9-10H2,2H3,(H,17,19). The van der Waals surface area contributed by atoms with E-state index < -0.39 is 0 Å². The minimum Gasteiger partial charge on any atom is -0.490 e. The molecule has 0 aliphatic carbocycles. The molecule has 1 amide bonds. The number of rotatable bonds is 10. The van der Waals surface area contributed by atoms with Crippen LogP contribution in [-0.2, 0) is 4.79 Å². The molecule has 0 aliphatic heterocycles. The molecule has 5 heteroatoms. The average Bonchev–Trinajstić information content (AvgIpc) is 2.51. The van der Waals surface area contributed by atoms with Gasteiger partial charge < -0.3 is 14.8 Å². The molecule has 1 N–H and O–H groups in total. The summed E-state index contributed by atoms with van der Waals surface area (Å²) >= 11 is 0. The number of benzene rings is 1. The lowest BCUT2D eigenvalue weighted by atomic mass is 10.2. The average molecular weight is 291 g/mol. The van der Waals surface area contributed by atoms with Crippen molar-refractivity contribution in [1.82, 2.24) is 5.32 Å². The summed E-state index contributed by atoms with van der Waals surface area (Å²) in [4.78, 5) is 21.7. The van der Waals surface area contributed by atoms with Crippen molar-refractivity contribution in [3.05, 3.63) is 36.4 Å². The third-order valence-corrected chi connectivity index (χ3v) is 2.72. The van der Waals surface area contributed by atoms with Crippen molar-refractivity contribution >= 4 is 12.2 Å². The van der Waals surface area contributed by atoms with Crippen LogP contribution in [-0.4, -0.2) is 32.0 Å². The Kier molecular flexibility index (Phi) is 7.64. The van der Waals surface area contributed by atoms with E-state index in [2.05, 4.69) is 11.9 Å². The van der Waals surface area contributed by atoms with E-state index in [0.29, 0.717) is 36.8 Å². The minimum atomic E-state index is -0.168. The molecular weight excluding hydrogens is 270 g/mol. The fourth-order valence-corrected chi connectivity index (χ4v) is 1.68. The third-order valence-electron chi connectivity index (χ3n) is 2.72. The summed E-state index contributed by atoms with van der Waals surface area (Å²) in [6.07, 6.45) is 3.64. The van der Waals surface area contributed by atoms with Gasteiger partial charge in [-0.15, -0.1) is 0 Å². The molecule has 0 radical (unpaired) electrons. The van der Waals surface area contributed by atoms with Crippen molar-refractivity contribution in [3.63, 3.8) is 0 Å². The molecule has 1 aromatic carbocycles. The van der Waals surface area contributed by atoms with E-state index in [9.17, 15) is 9.59 Å². The number of unbranched alkanes of at least 4 members (excludes halogenated alkanes) is 1. The number of carbonyl (C=O) groups excluding carboxylic acids is 2. The van der Waals surface area contributed by atoms with Gasteiger partial charge in [0, 0.05) is 12.1 Å². The van der Waals surface area contributed by atoms with Gasteiger partial charge in [0.05, 0.1) is 13.2 Å². The number of aldehydes is 1. The van der Waals surface area contributed by atoms with Crippen LogP contribution in [0.2, 0.25) is 0 Å². The fraction of sp³-hybridized carbons (Fsp3) is 0.375. The van der Waals surface area contributed by atoms with Gasteiger partial charge >= 0.3 is 0 Å². The molecular formula is C16H21NO4.